The summed E-state index contributed by atoms with van der Waals surface area (Å²) in [4.78, 5) is 32.7. The van der Waals surface area contributed by atoms with Gasteiger partial charge in [-0.25, -0.2) is 0 Å². The van der Waals surface area contributed by atoms with Crippen molar-refractivity contribution in [3.8, 4) is 11.1 Å². The van der Waals surface area contributed by atoms with E-state index in [9.17, 15) is 9.59 Å². The van der Waals surface area contributed by atoms with E-state index in [1.807, 2.05) is 79.5 Å². The quantitative estimate of drug-likeness (QED) is 0.595. The molecule has 2 heterocycles. The van der Waals surface area contributed by atoms with E-state index in [4.69, 9.17) is 0 Å². The van der Waals surface area contributed by atoms with Crippen LogP contribution in [0.5, 0.6) is 0 Å². The van der Waals surface area contributed by atoms with Gasteiger partial charge in [-0.1, -0.05) is 60.7 Å². The second kappa shape index (κ2) is 9.99. The van der Waals surface area contributed by atoms with Gasteiger partial charge in [0.1, 0.15) is 0 Å². The van der Waals surface area contributed by atoms with Gasteiger partial charge >= 0.3 is 0 Å². The Balaban J connectivity index is 1.61. The molecular formula is C28H31N3O2. The maximum absolute atomic E-state index is 13.5. The summed E-state index contributed by atoms with van der Waals surface area (Å²) in [6.07, 6.45) is 5.19. The van der Waals surface area contributed by atoms with Crippen LogP contribution in [-0.4, -0.2) is 40.8 Å². The second-order valence-electron chi connectivity index (χ2n) is 9.21. The van der Waals surface area contributed by atoms with Crippen molar-refractivity contribution in [1.29, 1.82) is 0 Å². The third kappa shape index (κ3) is 5.30. The fourth-order valence-corrected chi connectivity index (χ4v) is 4.64. The van der Waals surface area contributed by atoms with Gasteiger partial charge < -0.3 is 10.2 Å². The first kappa shape index (κ1) is 22.7. The Bertz CT molecular complexity index is 1100. The Morgan fingerprint density at radius 3 is 2.52 bits per heavy atom. The monoisotopic (exact) mass is 441 g/mol. The highest BCUT2D eigenvalue weighted by Gasteiger charge is 2.46. The molecule has 170 valence electrons. The lowest BCUT2D eigenvalue weighted by Crippen LogP contribution is -2.47. The average molecular weight is 442 g/mol. The summed E-state index contributed by atoms with van der Waals surface area (Å²) in [5.74, 6) is 0.0921. The van der Waals surface area contributed by atoms with Crippen LogP contribution in [0.15, 0.2) is 79.1 Å². The van der Waals surface area contributed by atoms with Crippen LogP contribution in [-0.2, 0) is 22.4 Å². The van der Waals surface area contributed by atoms with Crippen LogP contribution in [0.25, 0.3) is 11.1 Å². The summed E-state index contributed by atoms with van der Waals surface area (Å²) in [7, 11) is 0. The number of likely N-dealkylation sites (tertiary alicyclic amines) is 1. The molecule has 1 N–H and O–H groups in total. The zero-order valence-corrected chi connectivity index (χ0v) is 19.3. The Labute approximate surface area is 195 Å². The van der Waals surface area contributed by atoms with Crippen molar-refractivity contribution in [3.63, 3.8) is 0 Å². The number of amides is 2. The van der Waals surface area contributed by atoms with E-state index in [-0.39, 0.29) is 17.9 Å². The van der Waals surface area contributed by atoms with Crippen LogP contribution in [0.1, 0.15) is 31.4 Å². The number of rotatable bonds is 7. The molecule has 33 heavy (non-hydrogen) atoms. The molecule has 0 aliphatic carbocycles. The molecule has 0 radical (unpaired) electrons. The maximum atomic E-state index is 13.5. The molecule has 5 nitrogen and oxygen atoms in total. The van der Waals surface area contributed by atoms with E-state index in [2.05, 4.69) is 22.4 Å². The predicted molar refractivity (Wildman–Crippen MR) is 130 cm³/mol. The first-order chi connectivity index (χ1) is 16.0. The second-order valence-corrected chi connectivity index (χ2v) is 9.21. The molecule has 0 saturated carbocycles. The van der Waals surface area contributed by atoms with Gasteiger partial charge in [0.2, 0.25) is 11.8 Å². The fraction of sp³-hybridized carbons (Fsp3) is 0.321. The maximum Gasteiger partial charge on any atom is 0.228 e. The lowest BCUT2D eigenvalue weighted by atomic mass is 9.78. The first-order valence-corrected chi connectivity index (χ1v) is 11.6. The van der Waals surface area contributed by atoms with E-state index >= 15 is 0 Å². The summed E-state index contributed by atoms with van der Waals surface area (Å²) < 4.78 is 0. The first-order valence-electron chi connectivity index (χ1n) is 11.6. The van der Waals surface area contributed by atoms with E-state index in [0.717, 1.165) is 22.3 Å². The van der Waals surface area contributed by atoms with Crippen LogP contribution < -0.4 is 5.32 Å². The molecule has 3 aromatic rings. The van der Waals surface area contributed by atoms with Crippen molar-refractivity contribution in [3.05, 3.63) is 90.3 Å². The highest BCUT2D eigenvalue weighted by Crippen LogP contribution is 2.38. The molecule has 4 rings (SSSR count). The molecule has 2 amide bonds. The molecule has 1 saturated heterocycles. The van der Waals surface area contributed by atoms with Gasteiger partial charge in [-0.15, -0.1) is 0 Å². The van der Waals surface area contributed by atoms with E-state index in [1.165, 1.54) is 0 Å². The third-order valence-corrected chi connectivity index (χ3v) is 6.32. The fourth-order valence-electron chi connectivity index (χ4n) is 4.64. The van der Waals surface area contributed by atoms with Crippen LogP contribution in [0.2, 0.25) is 0 Å². The molecule has 0 bridgehead atoms. The highest BCUT2D eigenvalue weighted by atomic mass is 16.2. The van der Waals surface area contributed by atoms with Crippen LogP contribution >= 0.6 is 0 Å². The zero-order chi connectivity index (χ0) is 23.3. The molecule has 5 heteroatoms. The van der Waals surface area contributed by atoms with Gasteiger partial charge in [0.05, 0.1) is 11.8 Å². The van der Waals surface area contributed by atoms with Crippen molar-refractivity contribution in [2.45, 2.75) is 39.2 Å². The molecule has 2 aromatic carbocycles. The van der Waals surface area contributed by atoms with E-state index in [1.54, 1.807) is 6.20 Å². The number of carbonyl (C=O) groups excluding carboxylic acids is 2. The minimum atomic E-state index is -0.658. The lowest BCUT2D eigenvalue weighted by molar-refractivity contribution is -0.133. The van der Waals surface area contributed by atoms with Crippen molar-refractivity contribution >= 4 is 11.8 Å². The summed E-state index contributed by atoms with van der Waals surface area (Å²) in [5.41, 5.74) is 3.55. The molecule has 1 aliphatic rings. The standard InChI is InChI=1S/C28H31N3O2/c1-21(2)30-27(33)28(14-16-31(20-28)26(32)17-22-9-4-3-5-10-22)18-23-11-6-7-13-25(23)24-12-8-15-29-19-24/h3-13,15,19,21H,14,16-18,20H2,1-2H3,(H,30,33)/t28-/m1/s1. The normalized spacial score (nSPS) is 17.8. The van der Waals surface area contributed by atoms with Crippen molar-refractivity contribution < 1.29 is 9.59 Å². The van der Waals surface area contributed by atoms with E-state index in [0.29, 0.717) is 32.4 Å². The highest BCUT2D eigenvalue weighted by molar-refractivity contribution is 5.87. The number of nitrogens with zero attached hydrogens (tertiary/aromatic N) is 2. The molecule has 0 spiro atoms. The third-order valence-electron chi connectivity index (χ3n) is 6.32. The summed E-state index contributed by atoms with van der Waals surface area (Å²) in [5, 5.41) is 3.12. The van der Waals surface area contributed by atoms with Gasteiger partial charge in [-0.2, -0.15) is 0 Å². The minimum absolute atomic E-state index is 0.0218. The predicted octanol–water partition coefficient (Wildman–Crippen LogP) is 4.28. The van der Waals surface area contributed by atoms with Gasteiger partial charge in [-0.05, 0) is 49.4 Å². The summed E-state index contributed by atoms with van der Waals surface area (Å²) in [6, 6.07) is 22.0. The average Bonchev–Trinajstić information content (AvgIpc) is 3.26. The van der Waals surface area contributed by atoms with Gasteiger partial charge in [0.25, 0.3) is 0 Å². The summed E-state index contributed by atoms with van der Waals surface area (Å²) in [6.45, 7) is 4.97. The van der Waals surface area contributed by atoms with Crippen LogP contribution in [0.3, 0.4) is 0 Å². The summed E-state index contributed by atoms with van der Waals surface area (Å²) >= 11 is 0. The van der Waals surface area contributed by atoms with Crippen LogP contribution in [0.4, 0.5) is 0 Å². The minimum Gasteiger partial charge on any atom is -0.353 e. The van der Waals surface area contributed by atoms with E-state index < -0.39 is 5.41 Å². The molecule has 0 unspecified atom stereocenters. The lowest BCUT2D eigenvalue weighted by Gasteiger charge is -2.30. The largest absolute Gasteiger partial charge is 0.353 e. The smallest absolute Gasteiger partial charge is 0.228 e. The Morgan fingerprint density at radius 1 is 1.03 bits per heavy atom. The van der Waals surface area contributed by atoms with Gasteiger partial charge in [0.15, 0.2) is 0 Å². The SMILES string of the molecule is CC(C)NC(=O)[C@@]1(Cc2ccccc2-c2cccnc2)CCN(C(=O)Cc2ccccc2)C1. The number of benzene rings is 2. The number of pyridine rings is 1. The molecule has 1 aliphatic heterocycles. The number of hydrogen-bond acceptors (Lipinski definition) is 3. The molecule has 1 aromatic heterocycles. The van der Waals surface area contributed by atoms with Crippen molar-refractivity contribution in [2.75, 3.05) is 13.1 Å². The van der Waals surface area contributed by atoms with Gasteiger partial charge in [0, 0.05) is 37.1 Å². The zero-order valence-electron chi connectivity index (χ0n) is 19.3. The Kier molecular flexibility index (Phi) is 6.87. The number of aromatic nitrogens is 1. The van der Waals surface area contributed by atoms with Crippen LogP contribution in [0, 0.1) is 5.41 Å². The number of nitrogens with one attached hydrogen (secondary N) is 1. The molecular weight excluding hydrogens is 410 g/mol. The van der Waals surface area contributed by atoms with Crippen molar-refractivity contribution in [1.82, 2.24) is 15.2 Å². The molecule has 1 atom stereocenters. The number of hydrogen-bond donors (Lipinski definition) is 1. The number of carbonyl (C=O) groups is 2. The molecule has 1 fully saturated rings. The Morgan fingerprint density at radius 2 is 1.79 bits per heavy atom. The Hall–Kier alpha value is -3.47. The van der Waals surface area contributed by atoms with Crippen molar-refractivity contribution in [2.24, 2.45) is 5.41 Å². The topological polar surface area (TPSA) is 62.3 Å². The van der Waals surface area contributed by atoms with Gasteiger partial charge in [-0.3, -0.25) is 14.6 Å².